The van der Waals surface area contributed by atoms with Crippen molar-refractivity contribution in [1.29, 1.82) is 0 Å². The molecule has 4 heteroatoms. The first-order valence-corrected chi connectivity index (χ1v) is 9.20. The summed E-state index contributed by atoms with van der Waals surface area (Å²) in [5.74, 6) is -0.114. The molecule has 3 heterocycles. The maximum absolute atomic E-state index is 13.9. The summed E-state index contributed by atoms with van der Waals surface area (Å²) in [4.78, 5) is 6.91. The quantitative estimate of drug-likeness (QED) is 0.846. The summed E-state index contributed by atoms with van der Waals surface area (Å²) in [5, 5.41) is 0. The molecule has 2 aliphatic rings. The van der Waals surface area contributed by atoms with E-state index in [1.807, 2.05) is 30.5 Å². The fraction of sp³-hybridized carbons (Fsp3) is 0.476. The van der Waals surface area contributed by atoms with Gasteiger partial charge in [0, 0.05) is 19.2 Å². The highest BCUT2D eigenvalue weighted by Gasteiger charge is 2.42. The molecule has 3 nitrogen and oxygen atoms in total. The van der Waals surface area contributed by atoms with Crippen molar-refractivity contribution < 1.29 is 9.13 Å². The second-order valence-electron chi connectivity index (χ2n) is 7.53. The first-order chi connectivity index (χ1) is 12.2. The lowest BCUT2D eigenvalue weighted by atomic mass is 9.76. The normalized spacial score (nSPS) is 23.2. The van der Waals surface area contributed by atoms with Crippen molar-refractivity contribution in [2.75, 3.05) is 19.7 Å². The average molecular weight is 340 g/mol. The van der Waals surface area contributed by atoms with E-state index >= 15 is 0 Å². The van der Waals surface area contributed by atoms with Crippen molar-refractivity contribution in [3.05, 3.63) is 65.7 Å². The topological polar surface area (TPSA) is 25.4 Å². The molecule has 0 saturated carbocycles. The Morgan fingerprint density at radius 1 is 1.12 bits per heavy atom. The summed E-state index contributed by atoms with van der Waals surface area (Å²) < 4.78 is 19.9. The van der Waals surface area contributed by atoms with E-state index in [4.69, 9.17) is 4.74 Å². The van der Waals surface area contributed by atoms with E-state index in [-0.39, 0.29) is 17.3 Å². The second-order valence-corrected chi connectivity index (χ2v) is 7.53. The summed E-state index contributed by atoms with van der Waals surface area (Å²) in [6.45, 7) is 3.93. The number of rotatable bonds is 4. The molecule has 2 aromatic rings. The van der Waals surface area contributed by atoms with Gasteiger partial charge in [-0.05, 0) is 61.5 Å². The molecule has 132 valence electrons. The summed E-state index contributed by atoms with van der Waals surface area (Å²) in [7, 11) is 0. The van der Waals surface area contributed by atoms with Crippen molar-refractivity contribution >= 4 is 0 Å². The highest BCUT2D eigenvalue weighted by Crippen LogP contribution is 2.43. The van der Waals surface area contributed by atoms with E-state index in [1.165, 1.54) is 6.07 Å². The molecule has 2 saturated heterocycles. The van der Waals surface area contributed by atoms with Crippen LogP contribution >= 0.6 is 0 Å². The van der Waals surface area contributed by atoms with Crippen molar-refractivity contribution in [2.24, 2.45) is 5.41 Å². The van der Waals surface area contributed by atoms with Crippen LogP contribution in [0.3, 0.4) is 0 Å². The van der Waals surface area contributed by atoms with Crippen LogP contribution in [0.2, 0.25) is 0 Å². The fourth-order valence-electron chi connectivity index (χ4n) is 4.19. The van der Waals surface area contributed by atoms with Gasteiger partial charge >= 0.3 is 0 Å². The molecular weight excluding hydrogens is 315 g/mol. The molecular formula is C21H25FN2O. The standard InChI is InChI=1S/C21H25FN2O/c22-20-7-2-1-5-17(20)13-19-14-21(16-25-19)8-11-24(12-9-21)15-18-6-3-4-10-23-18/h1-7,10,19H,8-9,11-16H2. The van der Waals surface area contributed by atoms with E-state index in [2.05, 4.69) is 16.0 Å². The number of hydrogen-bond donors (Lipinski definition) is 0. The first-order valence-electron chi connectivity index (χ1n) is 9.20. The van der Waals surface area contributed by atoms with Crippen LogP contribution in [0, 0.1) is 11.2 Å². The van der Waals surface area contributed by atoms with Gasteiger partial charge in [0.25, 0.3) is 0 Å². The van der Waals surface area contributed by atoms with Gasteiger partial charge in [-0.25, -0.2) is 4.39 Å². The molecule has 1 atom stereocenters. The zero-order chi connectivity index (χ0) is 17.1. The number of pyridine rings is 1. The minimum atomic E-state index is -0.114. The van der Waals surface area contributed by atoms with Gasteiger partial charge in [-0.2, -0.15) is 0 Å². The Hall–Kier alpha value is -1.78. The van der Waals surface area contributed by atoms with Crippen molar-refractivity contribution in [1.82, 2.24) is 9.88 Å². The Labute approximate surface area is 148 Å². The predicted octanol–water partition coefficient (Wildman–Crippen LogP) is 3.83. The summed E-state index contributed by atoms with van der Waals surface area (Å²) in [5.41, 5.74) is 2.20. The number of piperidine rings is 1. The van der Waals surface area contributed by atoms with E-state index in [1.54, 1.807) is 6.07 Å². The highest BCUT2D eigenvalue weighted by molar-refractivity contribution is 5.18. The molecule has 1 unspecified atom stereocenters. The van der Waals surface area contributed by atoms with E-state index in [0.29, 0.717) is 6.42 Å². The van der Waals surface area contributed by atoms with E-state index in [0.717, 1.165) is 56.8 Å². The van der Waals surface area contributed by atoms with Crippen LogP contribution in [-0.4, -0.2) is 35.7 Å². The summed E-state index contributed by atoms with van der Waals surface area (Å²) in [6.07, 6.45) is 6.07. The number of ether oxygens (including phenoxy) is 1. The molecule has 0 amide bonds. The SMILES string of the molecule is Fc1ccccc1CC1CC2(CCN(Cc3ccccn3)CC2)CO1. The lowest BCUT2D eigenvalue weighted by Gasteiger charge is -2.38. The van der Waals surface area contributed by atoms with Crippen LogP contribution < -0.4 is 0 Å². The van der Waals surface area contributed by atoms with Gasteiger partial charge in [0.2, 0.25) is 0 Å². The fourth-order valence-corrected chi connectivity index (χ4v) is 4.19. The summed E-state index contributed by atoms with van der Waals surface area (Å²) >= 11 is 0. The molecule has 1 aromatic carbocycles. The average Bonchev–Trinajstić information content (AvgIpc) is 3.03. The third-order valence-corrected chi connectivity index (χ3v) is 5.72. The predicted molar refractivity (Wildman–Crippen MR) is 95.6 cm³/mol. The van der Waals surface area contributed by atoms with Gasteiger partial charge in [-0.15, -0.1) is 0 Å². The van der Waals surface area contributed by atoms with Crippen molar-refractivity contribution in [3.63, 3.8) is 0 Å². The molecule has 25 heavy (non-hydrogen) atoms. The zero-order valence-electron chi connectivity index (χ0n) is 14.5. The molecule has 2 aliphatic heterocycles. The first kappa shape index (κ1) is 16.7. The summed E-state index contributed by atoms with van der Waals surface area (Å²) in [6, 6.07) is 13.2. The number of nitrogens with zero attached hydrogens (tertiary/aromatic N) is 2. The molecule has 1 spiro atoms. The molecule has 4 rings (SSSR count). The Balaban J connectivity index is 1.31. The molecule has 0 N–H and O–H groups in total. The van der Waals surface area contributed by atoms with Gasteiger partial charge in [-0.3, -0.25) is 9.88 Å². The number of aromatic nitrogens is 1. The number of likely N-dealkylation sites (tertiary alicyclic amines) is 1. The minimum Gasteiger partial charge on any atom is -0.377 e. The van der Waals surface area contributed by atoms with Crippen LogP contribution in [0.4, 0.5) is 4.39 Å². The maximum Gasteiger partial charge on any atom is 0.126 e. The smallest absolute Gasteiger partial charge is 0.126 e. The molecule has 0 bridgehead atoms. The van der Waals surface area contributed by atoms with Crippen molar-refractivity contribution in [3.8, 4) is 0 Å². The maximum atomic E-state index is 13.9. The van der Waals surface area contributed by atoms with Crippen LogP contribution in [0.1, 0.15) is 30.5 Å². The van der Waals surface area contributed by atoms with Gasteiger partial charge in [0.15, 0.2) is 0 Å². The molecule has 2 fully saturated rings. The van der Waals surface area contributed by atoms with E-state index < -0.39 is 0 Å². The van der Waals surface area contributed by atoms with Crippen LogP contribution in [0.25, 0.3) is 0 Å². The Morgan fingerprint density at radius 3 is 2.68 bits per heavy atom. The van der Waals surface area contributed by atoms with Gasteiger partial charge in [0.05, 0.1) is 18.4 Å². The van der Waals surface area contributed by atoms with Crippen LogP contribution in [0.15, 0.2) is 48.7 Å². The van der Waals surface area contributed by atoms with E-state index in [9.17, 15) is 4.39 Å². The van der Waals surface area contributed by atoms with Crippen LogP contribution in [0.5, 0.6) is 0 Å². The zero-order valence-corrected chi connectivity index (χ0v) is 14.5. The molecule has 0 aliphatic carbocycles. The third kappa shape index (κ3) is 3.91. The highest BCUT2D eigenvalue weighted by atomic mass is 19.1. The molecule has 0 radical (unpaired) electrons. The number of halogens is 1. The number of benzene rings is 1. The van der Waals surface area contributed by atoms with Gasteiger partial charge in [0.1, 0.15) is 5.82 Å². The Kier molecular flexibility index (Phi) is 4.82. The largest absolute Gasteiger partial charge is 0.377 e. The lowest BCUT2D eigenvalue weighted by molar-refractivity contribution is 0.0626. The number of hydrogen-bond acceptors (Lipinski definition) is 3. The Bertz CT molecular complexity index is 698. The monoisotopic (exact) mass is 340 g/mol. The Morgan fingerprint density at radius 2 is 1.92 bits per heavy atom. The van der Waals surface area contributed by atoms with Crippen molar-refractivity contribution in [2.45, 2.75) is 38.3 Å². The minimum absolute atomic E-state index is 0.114. The third-order valence-electron chi connectivity index (χ3n) is 5.72. The van der Waals surface area contributed by atoms with Crippen LogP contribution in [-0.2, 0) is 17.7 Å². The molecule has 1 aromatic heterocycles. The van der Waals surface area contributed by atoms with Gasteiger partial charge in [-0.1, -0.05) is 24.3 Å². The van der Waals surface area contributed by atoms with Gasteiger partial charge < -0.3 is 4.74 Å². The second kappa shape index (κ2) is 7.22. The lowest BCUT2D eigenvalue weighted by Crippen LogP contribution is -2.40.